The van der Waals surface area contributed by atoms with Gasteiger partial charge in [0.25, 0.3) is 0 Å². The monoisotopic (exact) mass is 414 g/mol. The molecule has 0 atom stereocenters. The number of carboxylic acid groups (broad SMARTS) is 1. The molecule has 1 rings (SSSR count). The maximum atomic E-state index is 10.2. The predicted octanol–water partition coefficient (Wildman–Crippen LogP) is 3.40. The van der Waals surface area contributed by atoms with Gasteiger partial charge in [0, 0.05) is 0 Å². The van der Waals surface area contributed by atoms with E-state index >= 15 is 0 Å². The third kappa shape index (κ3) is 19.6. The molecule has 0 aliphatic heterocycles. The van der Waals surface area contributed by atoms with E-state index in [0.29, 0.717) is 32.0 Å². The Morgan fingerprint density at radius 2 is 1.24 bits per heavy atom. The molecule has 29 heavy (non-hydrogen) atoms. The first kappa shape index (κ1) is 27.5. The Labute approximate surface area is 174 Å². The number of rotatable bonds is 11. The minimum atomic E-state index is -0.879. The van der Waals surface area contributed by atoms with E-state index in [2.05, 4.69) is 0 Å². The first-order valence-electron chi connectivity index (χ1n) is 9.80. The first-order valence-corrected chi connectivity index (χ1v) is 9.80. The van der Waals surface area contributed by atoms with Gasteiger partial charge >= 0.3 is 5.97 Å². The number of benzene rings is 1. The van der Waals surface area contributed by atoms with Gasteiger partial charge in [0.1, 0.15) is 6.10 Å². The van der Waals surface area contributed by atoms with Gasteiger partial charge in [0.05, 0.1) is 56.4 Å². The number of carboxylic acids is 1. The van der Waals surface area contributed by atoms with Crippen LogP contribution in [0.25, 0.3) is 0 Å². The van der Waals surface area contributed by atoms with Crippen molar-refractivity contribution in [1.29, 1.82) is 0 Å². The maximum absolute atomic E-state index is 10.2. The zero-order valence-electron chi connectivity index (χ0n) is 18.6. The van der Waals surface area contributed by atoms with Crippen molar-refractivity contribution in [3.8, 4) is 0 Å². The normalized spacial score (nSPS) is 11.9. The fourth-order valence-corrected chi connectivity index (χ4v) is 1.88. The highest BCUT2D eigenvalue weighted by Crippen LogP contribution is 2.06. The van der Waals surface area contributed by atoms with Crippen LogP contribution in [-0.4, -0.2) is 73.1 Å². The lowest BCUT2D eigenvalue weighted by molar-refractivity contribution is -0.0715. The van der Waals surface area contributed by atoms with Crippen molar-refractivity contribution in [3.05, 3.63) is 35.9 Å². The molecule has 0 unspecified atom stereocenters. The lowest BCUT2D eigenvalue weighted by Gasteiger charge is -2.20. The van der Waals surface area contributed by atoms with Crippen molar-refractivity contribution >= 4 is 5.97 Å². The largest absolute Gasteiger partial charge is 0.478 e. The molecule has 0 saturated carbocycles. The van der Waals surface area contributed by atoms with E-state index in [-0.39, 0.29) is 24.4 Å². The van der Waals surface area contributed by atoms with Gasteiger partial charge in [-0.3, -0.25) is 0 Å². The van der Waals surface area contributed by atoms with Crippen LogP contribution >= 0.6 is 0 Å². The molecular formula is C22H38O7. The summed E-state index contributed by atoms with van der Waals surface area (Å²) in [5, 5.41) is 18.0. The van der Waals surface area contributed by atoms with Gasteiger partial charge in [0.15, 0.2) is 0 Å². The van der Waals surface area contributed by atoms with Crippen molar-refractivity contribution in [2.24, 2.45) is 0 Å². The van der Waals surface area contributed by atoms with E-state index < -0.39 is 12.1 Å². The van der Waals surface area contributed by atoms with E-state index in [1.807, 2.05) is 41.5 Å². The third-order valence-electron chi connectivity index (χ3n) is 3.17. The highest BCUT2D eigenvalue weighted by molar-refractivity contribution is 5.87. The zero-order chi connectivity index (χ0) is 22.3. The summed E-state index contributed by atoms with van der Waals surface area (Å²) >= 11 is 0. The summed E-state index contributed by atoms with van der Waals surface area (Å²) in [5.41, 5.74) is 0.0218. The van der Waals surface area contributed by atoms with Crippen LogP contribution in [0, 0.1) is 0 Å². The third-order valence-corrected chi connectivity index (χ3v) is 3.17. The van der Waals surface area contributed by atoms with Crippen LogP contribution in [0.4, 0.5) is 0 Å². The van der Waals surface area contributed by atoms with Crippen LogP contribution in [0.3, 0.4) is 0 Å². The van der Waals surface area contributed by atoms with Crippen LogP contribution in [0.15, 0.2) is 30.3 Å². The van der Waals surface area contributed by atoms with E-state index in [1.54, 1.807) is 30.3 Å². The van der Waals surface area contributed by atoms with Crippen molar-refractivity contribution in [3.63, 3.8) is 0 Å². The Bertz CT molecular complexity index is 508. The Kier molecular flexibility index (Phi) is 13.7. The predicted molar refractivity (Wildman–Crippen MR) is 112 cm³/mol. The molecule has 0 bridgehead atoms. The van der Waals surface area contributed by atoms with Crippen molar-refractivity contribution < 1.29 is 34.0 Å². The lowest BCUT2D eigenvalue weighted by atomic mass is 10.2. The summed E-state index contributed by atoms with van der Waals surface area (Å²) in [6.07, 6.45) is -0.612. The second-order valence-corrected chi connectivity index (χ2v) is 8.40. The summed E-state index contributed by atoms with van der Waals surface area (Å²) in [5.74, 6) is -0.879. The number of aliphatic hydroxyl groups excluding tert-OH is 1. The summed E-state index contributed by atoms with van der Waals surface area (Å²) < 4.78 is 21.6. The standard InChI is InChI=1S/C15H32O5.C7H6O2/c1-14(2,3)19-9-7-17-11-13(16)12-18-8-10-20-15(4,5)6;8-7(9)6-4-2-1-3-5-6/h13,16H,7-12H2,1-6H3;1-5H,(H,8,9). The maximum Gasteiger partial charge on any atom is 0.335 e. The number of carbonyl (C=O) groups is 1. The Balaban J connectivity index is 0.000000717. The zero-order valence-corrected chi connectivity index (χ0v) is 18.6. The van der Waals surface area contributed by atoms with Crippen LogP contribution < -0.4 is 0 Å². The molecule has 0 amide bonds. The minimum Gasteiger partial charge on any atom is -0.478 e. The van der Waals surface area contributed by atoms with Crippen LogP contribution in [0.1, 0.15) is 51.9 Å². The smallest absolute Gasteiger partial charge is 0.335 e. The SMILES string of the molecule is CC(C)(C)OCCOCC(O)COCCOC(C)(C)C.O=C(O)c1ccccc1. The van der Waals surface area contributed by atoms with Gasteiger partial charge in [-0.1, -0.05) is 18.2 Å². The molecular weight excluding hydrogens is 376 g/mol. The second-order valence-electron chi connectivity index (χ2n) is 8.40. The summed E-state index contributed by atoms with van der Waals surface area (Å²) in [4.78, 5) is 10.2. The minimum absolute atomic E-state index is 0.155. The van der Waals surface area contributed by atoms with E-state index in [0.717, 1.165) is 0 Å². The first-order chi connectivity index (χ1) is 13.4. The van der Waals surface area contributed by atoms with Gasteiger partial charge in [-0.2, -0.15) is 0 Å². The van der Waals surface area contributed by atoms with E-state index in [4.69, 9.17) is 24.1 Å². The van der Waals surface area contributed by atoms with Gasteiger partial charge in [-0.25, -0.2) is 4.79 Å². The van der Waals surface area contributed by atoms with Crippen LogP contribution in [0.5, 0.6) is 0 Å². The van der Waals surface area contributed by atoms with Gasteiger partial charge in [0.2, 0.25) is 0 Å². The van der Waals surface area contributed by atoms with Gasteiger partial charge in [-0.15, -0.1) is 0 Å². The van der Waals surface area contributed by atoms with Gasteiger partial charge in [-0.05, 0) is 53.7 Å². The summed E-state index contributed by atoms with van der Waals surface area (Å²) in [6.45, 7) is 14.5. The molecule has 1 aromatic carbocycles. The number of aliphatic hydroxyl groups is 1. The van der Waals surface area contributed by atoms with Gasteiger partial charge < -0.3 is 29.2 Å². The topological polar surface area (TPSA) is 94.5 Å². The average molecular weight is 415 g/mol. The molecule has 2 N–H and O–H groups in total. The van der Waals surface area contributed by atoms with Crippen LogP contribution in [0.2, 0.25) is 0 Å². The molecule has 0 aliphatic carbocycles. The van der Waals surface area contributed by atoms with E-state index in [1.165, 1.54) is 0 Å². The number of aromatic carboxylic acids is 1. The highest BCUT2D eigenvalue weighted by atomic mass is 16.6. The van der Waals surface area contributed by atoms with Crippen molar-refractivity contribution in [2.75, 3.05) is 39.6 Å². The Morgan fingerprint density at radius 1 is 0.828 bits per heavy atom. The molecule has 0 aromatic heterocycles. The molecule has 7 heteroatoms. The number of hydrogen-bond acceptors (Lipinski definition) is 6. The van der Waals surface area contributed by atoms with Crippen LogP contribution in [-0.2, 0) is 18.9 Å². The summed E-state index contributed by atoms with van der Waals surface area (Å²) in [6, 6.07) is 8.30. The molecule has 0 fully saturated rings. The molecule has 0 heterocycles. The Morgan fingerprint density at radius 3 is 1.55 bits per heavy atom. The molecule has 0 saturated heterocycles. The van der Waals surface area contributed by atoms with Crippen molar-refractivity contribution in [1.82, 2.24) is 0 Å². The quantitative estimate of drug-likeness (QED) is 0.536. The second kappa shape index (κ2) is 14.5. The number of ether oxygens (including phenoxy) is 4. The number of hydrogen-bond donors (Lipinski definition) is 2. The fourth-order valence-electron chi connectivity index (χ4n) is 1.88. The molecule has 0 radical (unpaired) electrons. The summed E-state index contributed by atoms with van der Waals surface area (Å²) in [7, 11) is 0. The molecule has 168 valence electrons. The molecule has 0 spiro atoms. The highest BCUT2D eigenvalue weighted by Gasteiger charge is 2.11. The fraction of sp³-hybridized carbons (Fsp3) is 0.682. The molecule has 0 aliphatic rings. The molecule has 7 nitrogen and oxygen atoms in total. The van der Waals surface area contributed by atoms with E-state index in [9.17, 15) is 9.90 Å². The van der Waals surface area contributed by atoms with Crippen molar-refractivity contribution in [2.45, 2.75) is 58.8 Å². The Hall–Kier alpha value is -1.51. The molecule has 1 aromatic rings. The average Bonchev–Trinajstić information content (AvgIpc) is 2.60. The lowest BCUT2D eigenvalue weighted by Crippen LogP contribution is -2.27.